The van der Waals surface area contributed by atoms with Gasteiger partial charge in [0.1, 0.15) is 0 Å². The zero-order valence-electron chi connectivity index (χ0n) is 21.4. The van der Waals surface area contributed by atoms with Crippen LogP contribution in [-0.4, -0.2) is 0 Å². The van der Waals surface area contributed by atoms with E-state index in [0.29, 0.717) is 9.63 Å². The molecule has 0 amide bonds. The van der Waals surface area contributed by atoms with Gasteiger partial charge < -0.3 is 0 Å². The summed E-state index contributed by atoms with van der Waals surface area (Å²) in [5, 5.41) is 0. The van der Waals surface area contributed by atoms with E-state index >= 15 is 0 Å². The van der Waals surface area contributed by atoms with Gasteiger partial charge in [-0.05, 0) is 0 Å². The number of hydrogen-bond donors (Lipinski definition) is 0. The summed E-state index contributed by atoms with van der Waals surface area (Å²) in [5.74, 6) is 0. The van der Waals surface area contributed by atoms with E-state index in [-0.39, 0.29) is 0 Å². The van der Waals surface area contributed by atoms with Crippen LogP contribution in [0.4, 0.5) is 0 Å². The minimum absolute atomic E-state index is 0.351. The predicted octanol–water partition coefficient (Wildman–Crippen LogP) is 9.94. The van der Waals surface area contributed by atoms with E-state index in [9.17, 15) is 0 Å². The van der Waals surface area contributed by atoms with E-state index < -0.39 is 0 Å². The third-order valence-corrected chi connectivity index (χ3v) is 10.2. The molecule has 1 heteroatoms. The van der Waals surface area contributed by atoms with E-state index in [1.807, 2.05) is 0 Å². The van der Waals surface area contributed by atoms with Crippen LogP contribution in [0.15, 0.2) is 146 Å². The fourth-order valence-corrected chi connectivity index (χ4v) is 8.70. The maximum atomic E-state index is 2.37. The van der Waals surface area contributed by atoms with Gasteiger partial charge in [0.05, 0.1) is 0 Å². The summed E-state index contributed by atoms with van der Waals surface area (Å²) < 4.78 is 0. The predicted molar refractivity (Wildman–Crippen MR) is 158 cm³/mol. The molecule has 6 aromatic rings. The molecule has 0 saturated heterocycles. The van der Waals surface area contributed by atoms with Crippen molar-refractivity contribution in [2.45, 2.75) is 9.63 Å². The van der Waals surface area contributed by atoms with Crippen molar-refractivity contribution in [1.82, 2.24) is 0 Å². The van der Waals surface area contributed by atoms with Gasteiger partial charge in [-0.2, -0.15) is 0 Å². The van der Waals surface area contributed by atoms with Crippen molar-refractivity contribution in [3.8, 4) is 44.5 Å². The van der Waals surface area contributed by atoms with Crippen molar-refractivity contribution in [3.05, 3.63) is 168 Å². The van der Waals surface area contributed by atoms with E-state index in [0.717, 1.165) is 15.0 Å². The van der Waals surface area contributed by atoms with Crippen molar-refractivity contribution in [1.29, 1.82) is 0 Å². The summed E-state index contributed by atoms with van der Waals surface area (Å²) in [6, 6.07) is 53.7. The second-order valence-electron chi connectivity index (χ2n) is 10.3. The Morgan fingerprint density at radius 1 is 0.308 bits per heavy atom. The molecule has 0 N–H and O–H groups in total. The topological polar surface area (TPSA) is 0 Å². The summed E-state index contributed by atoms with van der Waals surface area (Å²) in [6.45, 7) is 0. The monoisotopic (exact) mass is 538 g/mol. The molecule has 0 saturated carbocycles. The van der Waals surface area contributed by atoms with Crippen molar-refractivity contribution in [3.63, 3.8) is 0 Å². The summed E-state index contributed by atoms with van der Waals surface area (Å²) in [4.78, 5) is 0.702. The van der Waals surface area contributed by atoms with Crippen LogP contribution < -0.4 is 0 Å². The third-order valence-electron chi connectivity index (χ3n) is 8.12. The molecule has 0 heterocycles. The Balaban J connectivity index is 1.30. The Hall–Kier alpha value is -4.16. The maximum absolute atomic E-state index is 2.37. The number of benzene rings is 6. The normalized spacial score (nSPS) is 16.4. The Labute approximate surface area is 236 Å². The average Bonchev–Trinajstić information content (AvgIpc) is 3.51. The van der Waals surface area contributed by atoms with Crippen LogP contribution in [0.1, 0.15) is 31.9 Å². The van der Waals surface area contributed by atoms with Crippen molar-refractivity contribution in [2.24, 2.45) is 0 Å². The van der Waals surface area contributed by atoms with Gasteiger partial charge in [-0.3, -0.25) is 0 Å². The van der Waals surface area contributed by atoms with Crippen LogP contribution in [0.5, 0.6) is 0 Å². The summed E-state index contributed by atoms with van der Waals surface area (Å²) in [7, 11) is 0. The Kier molecular flexibility index (Phi) is 5.40. The van der Waals surface area contributed by atoms with Crippen molar-refractivity contribution < 1.29 is 15.0 Å². The standard InChI is InChI=1S/2C19H13.Fe/c2*1-2-7-14(8-3-1)17-12-6-10-16-13-15-9-4-5-11-18(15)19(16)17;/h2*1-13H;. The molecule has 8 rings (SSSR count). The van der Waals surface area contributed by atoms with Crippen LogP contribution in [0.2, 0.25) is 0 Å². The zero-order chi connectivity index (χ0) is 25.8. The third kappa shape index (κ3) is 3.58. The molecule has 2 aliphatic carbocycles. The molecule has 2 atom stereocenters. The van der Waals surface area contributed by atoms with Gasteiger partial charge in [0.25, 0.3) is 0 Å². The van der Waals surface area contributed by atoms with Gasteiger partial charge in [0, 0.05) is 0 Å². The van der Waals surface area contributed by atoms with Gasteiger partial charge in [-0.15, -0.1) is 0 Å². The summed E-state index contributed by atoms with van der Waals surface area (Å²) in [6.07, 6.45) is 0. The molecule has 0 aliphatic heterocycles. The zero-order valence-corrected chi connectivity index (χ0v) is 22.5. The van der Waals surface area contributed by atoms with Crippen LogP contribution >= 0.6 is 0 Å². The molecule has 0 bridgehead atoms. The van der Waals surface area contributed by atoms with Gasteiger partial charge in [-0.1, -0.05) is 0 Å². The van der Waals surface area contributed by atoms with E-state index in [2.05, 4.69) is 146 Å². The molecule has 2 unspecified atom stereocenters. The van der Waals surface area contributed by atoms with E-state index in [1.165, 1.54) is 66.8 Å². The number of rotatable bonds is 4. The molecule has 6 aromatic carbocycles. The van der Waals surface area contributed by atoms with Crippen LogP contribution in [0.3, 0.4) is 0 Å². The minimum atomic E-state index is 0.351. The summed E-state index contributed by atoms with van der Waals surface area (Å²) in [5.41, 5.74) is 16.7. The molecule has 0 spiro atoms. The first-order chi connectivity index (χ1) is 19.4. The number of hydrogen-bond acceptors (Lipinski definition) is 0. The van der Waals surface area contributed by atoms with Crippen molar-refractivity contribution >= 4 is 0 Å². The molecule has 0 nitrogen and oxygen atoms in total. The fraction of sp³-hybridized carbons (Fsp3) is 0.0526. The van der Waals surface area contributed by atoms with Crippen LogP contribution in [0, 0.1) is 0 Å². The average molecular weight is 538 g/mol. The van der Waals surface area contributed by atoms with E-state index in [4.69, 9.17) is 0 Å². The second kappa shape index (κ2) is 9.24. The SMILES string of the molecule is c1ccc(-c2cccc3c2-c2ccccc2[CH]3[Fe][CH]2c3ccccc3-c3c(-c4ccccc4)cccc32)cc1. The second-order valence-corrected chi connectivity index (χ2v) is 11.9. The molecule has 39 heavy (non-hydrogen) atoms. The van der Waals surface area contributed by atoms with Crippen molar-refractivity contribution in [2.75, 3.05) is 0 Å². The van der Waals surface area contributed by atoms with Crippen LogP contribution in [0.25, 0.3) is 44.5 Å². The Morgan fingerprint density at radius 3 is 1.13 bits per heavy atom. The molecule has 2 aliphatic rings. The molecular formula is C38H26Fe. The van der Waals surface area contributed by atoms with Gasteiger partial charge in [-0.25, -0.2) is 0 Å². The molecule has 186 valence electrons. The molecular weight excluding hydrogens is 512 g/mol. The Morgan fingerprint density at radius 2 is 0.667 bits per heavy atom. The molecule has 0 radical (unpaired) electrons. The molecule has 0 aromatic heterocycles. The van der Waals surface area contributed by atoms with Crippen LogP contribution in [-0.2, 0) is 15.0 Å². The van der Waals surface area contributed by atoms with Gasteiger partial charge in [0.2, 0.25) is 0 Å². The first-order valence-electron chi connectivity index (χ1n) is 13.5. The Bertz CT molecular complexity index is 1700. The molecule has 0 fully saturated rings. The first-order valence-corrected chi connectivity index (χ1v) is 14.8. The number of fused-ring (bicyclic) bond motifs is 6. The van der Waals surface area contributed by atoms with Gasteiger partial charge >= 0.3 is 237 Å². The quantitative estimate of drug-likeness (QED) is 0.196. The first kappa shape index (κ1) is 22.8. The van der Waals surface area contributed by atoms with E-state index in [1.54, 1.807) is 0 Å². The fourth-order valence-electron chi connectivity index (χ4n) is 6.45. The van der Waals surface area contributed by atoms with Gasteiger partial charge in [0.15, 0.2) is 0 Å². The summed E-state index contributed by atoms with van der Waals surface area (Å²) >= 11 is 1.06.